The Morgan fingerprint density at radius 1 is 1.06 bits per heavy atom. The van der Waals surface area contributed by atoms with Crippen LogP contribution in [-0.4, -0.2) is 36.4 Å². The van der Waals surface area contributed by atoms with Crippen molar-refractivity contribution in [1.82, 2.24) is 15.1 Å². The molecule has 0 aliphatic rings. The van der Waals surface area contributed by atoms with Gasteiger partial charge in [0.2, 0.25) is 5.91 Å². The van der Waals surface area contributed by atoms with Gasteiger partial charge in [0.15, 0.2) is 9.84 Å². The molecule has 6 nitrogen and oxygen atoms in total. The number of amides is 1. The van der Waals surface area contributed by atoms with Gasteiger partial charge in [-0.25, -0.2) is 13.1 Å². The molecule has 9 heteroatoms. The minimum Gasteiger partial charge on any atom is -0.356 e. The van der Waals surface area contributed by atoms with Gasteiger partial charge in [-0.1, -0.05) is 41.4 Å². The van der Waals surface area contributed by atoms with E-state index in [2.05, 4.69) is 10.4 Å². The number of hydrogen-bond acceptors (Lipinski definition) is 4. The highest BCUT2D eigenvalue weighted by molar-refractivity contribution is 7.91. The van der Waals surface area contributed by atoms with Crippen LogP contribution in [-0.2, 0) is 21.1 Å². The molecule has 0 spiro atoms. The number of sulfone groups is 1. The number of carbonyl (C=O) groups is 1. The van der Waals surface area contributed by atoms with Crippen LogP contribution >= 0.6 is 23.2 Å². The standard InChI is InChI=1S/C22H23Cl2N3O3S/c1-15-19(16(2)27(26-15)17-9-10-20(23)21(24)13-17)14-22(28)25-11-6-12-31(29,30)18-7-4-3-5-8-18/h3-5,7-10,13H,6,11-12,14H2,1-2H3,(H,25,28). The van der Waals surface area contributed by atoms with E-state index in [4.69, 9.17) is 23.2 Å². The van der Waals surface area contributed by atoms with Crippen LogP contribution in [0.1, 0.15) is 23.4 Å². The van der Waals surface area contributed by atoms with Gasteiger partial charge in [0.25, 0.3) is 0 Å². The van der Waals surface area contributed by atoms with Gasteiger partial charge in [-0.15, -0.1) is 0 Å². The summed E-state index contributed by atoms with van der Waals surface area (Å²) in [6.45, 7) is 4.01. The van der Waals surface area contributed by atoms with Gasteiger partial charge in [-0.3, -0.25) is 4.79 Å². The quantitative estimate of drug-likeness (QED) is 0.487. The third-order valence-corrected chi connectivity index (χ3v) is 7.50. The maximum atomic E-state index is 12.4. The number of carbonyl (C=O) groups excluding carboxylic acids is 1. The zero-order valence-electron chi connectivity index (χ0n) is 17.2. The van der Waals surface area contributed by atoms with Crippen LogP contribution < -0.4 is 5.32 Å². The second-order valence-corrected chi connectivity index (χ2v) is 10.1. The Hall–Kier alpha value is -2.35. The molecule has 31 heavy (non-hydrogen) atoms. The summed E-state index contributed by atoms with van der Waals surface area (Å²) in [5, 5.41) is 8.20. The van der Waals surface area contributed by atoms with Crippen molar-refractivity contribution in [2.45, 2.75) is 31.6 Å². The van der Waals surface area contributed by atoms with Crippen molar-refractivity contribution in [3.8, 4) is 5.69 Å². The maximum absolute atomic E-state index is 12.4. The largest absolute Gasteiger partial charge is 0.356 e. The van der Waals surface area contributed by atoms with E-state index in [1.807, 2.05) is 19.9 Å². The normalized spacial score (nSPS) is 11.5. The van der Waals surface area contributed by atoms with E-state index < -0.39 is 9.84 Å². The van der Waals surface area contributed by atoms with Crippen LogP contribution in [0.25, 0.3) is 5.69 Å². The molecule has 3 rings (SSSR count). The number of benzene rings is 2. The molecule has 1 heterocycles. The molecule has 0 saturated heterocycles. The number of rotatable bonds is 8. The minimum absolute atomic E-state index is 0.0232. The Balaban J connectivity index is 1.58. The molecular formula is C22H23Cl2N3O3S. The van der Waals surface area contributed by atoms with Crippen molar-refractivity contribution < 1.29 is 13.2 Å². The number of aromatic nitrogens is 2. The van der Waals surface area contributed by atoms with Crippen molar-refractivity contribution >= 4 is 38.9 Å². The molecule has 0 saturated carbocycles. The lowest BCUT2D eigenvalue weighted by atomic mass is 10.1. The molecule has 3 aromatic rings. The van der Waals surface area contributed by atoms with Gasteiger partial charge in [-0.2, -0.15) is 5.10 Å². The van der Waals surface area contributed by atoms with E-state index in [9.17, 15) is 13.2 Å². The second kappa shape index (κ2) is 9.85. The summed E-state index contributed by atoms with van der Waals surface area (Å²) >= 11 is 12.1. The third kappa shape index (κ3) is 5.67. The van der Waals surface area contributed by atoms with Gasteiger partial charge >= 0.3 is 0 Å². The molecule has 1 N–H and O–H groups in total. The molecule has 0 aliphatic heterocycles. The van der Waals surface area contributed by atoms with Gasteiger partial charge in [0.1, 0.15) is 0 Å². The van der Waals surface area contributed by atoms with E-state index >= 15 is 0 Å². The first kappa shape index (κ1) is 23.3. The Labute approximate surface area is 192 Å². The van der Waals surface area contributed by atoms with Gasteiger partial charge < -0.3 is 5.32 Å². The number of hydrogen-bond donors (Lipinski definition) is 1. The fourth-order valence-corrected chi connectivity index (χ4v) is 4.88. The highest BCUT2D eigenvalue weighted by Crippen LogP contribution is 2.26. The molecule has 1 aromatic heterocycles. The molecule has 0 atom stereocenters. The monoisotopic (exact) mass is 479 g/mol. The SMILES string of the molecule is Cc1nn(-c2ccc(Cl)c(Cl)c2)c(C)c1CC(=O)NCCCS(=O)(=O)c1ccccc1. The molecule has 0 fully saturated rings. The van der Waals surface area contributed by atoms with E-state index in [-0.39, 0.29) is 24.6 Å². The van der Waals surface area contributed by atoms with Gasteiger partial charge in [0.05, 0.1) is 38.5 Å². The summed E-state index contributed by atoms with van der Waals surface area (Å²) in [7, 11) is -3.35. The van der Waals surface area contributed by atoms with Crippen molar-refractivity contribution in [2.75, 3.05) is 12.3 Å². The average Bonchev–Trinajstić information content (AvgIpc) is 3.02. The molecule has 0 radical (unpaired) electrons. The fourth-order valence-electron chi connectivity index (χ4n) is 3.26. The van der Waals surface area contributed by atoms with Crippen LogP contribution in [0, 0.1) is 13.8 Å². The van der Waals surface area contributed by atoms with Crippen molar-refractivity contribution in [3.05, 3.63) is 75.5 Å². The minimum atomic E-state index is -3.35. The van der Waals surface area contributed by atoms with Crippen LogP contribution in [0.15, 0.2) is 53.4 Å². The number of nitrogens with zero attached hydrogens (tertiary/aromatic N) is 2. The highest BCUT2D eigenvalue weighted by atomic mass is 35.5. The maximum Gasteiger partial charge on any atom is 0.224 e. The van der Waals surface area contributed by atoms with E-state index in [0.717, 1.165) is 22.6 Å². The first-order valence-corrected chi connectivity index (χ1v) is 12.1. The predicted molar refractivity (Wildman–Crippen MR) is 123 cm³/mol. The highest BCUT2D eigenvalue weighted by Gasteiger charge is 2.17. The molecule has 2 aromatic carbocycles. The number of nitrogens with one attached hydrogen (secondary N) is 1. The van der Waals surface area contributed by atoms with E-state index in [0.29, 0.717) is 21.4 Å². The van der Waals surface area contributed by atoms with Crippen LogP contribution in [0.5, 0.6) is 0 Å². The van der Waals surface area contributed by atoms with Crippen LogP contribution in [0.4, 0.5) is 0 Å². The number of aryl methyl sites for hydroxylation is 1. The molecule has 0 bridgehead atoms. The first-order valence-electron chi connectivity index (χ1n) is 9.74. The molecular weight excluding hydrogens is 457 g/mol. The summed E-state index contributed by atoms with van der Waals surface area (Å²) in [5.74, 6) is -0.207. The summed E-state index contributed by atoms with van der Waals surface area (Å²) in [6, 6.07) is 13.5. The molecule has 1 amide bonds. The van der Waals surface area contributed by atoms with Crippen LogP contribution in [0.2, 0.25) is 10.0 Å². The van der Waals surface area contributed by atoms with Crippen molar-refractivity contribution in [3.63, 3.8) is 0 Å². The first-order chi connectivity index (χ1) is 14.7. The third-order valence-electron chi connectivity index (χ3n) is 4.94. The smallest absolute Gasteiger partial charge is 0.224 e. The summed E-state index contributed by atoms with van der Waals surface area (Å²) in [4.78, 5) is 12.7. The van der Waals surface area contributed by atoms with Crippen molar-refractivity contribution in [2.24, 2.45) is 0 Å². The Kier molecular flexibility index (Phi) is 7.41. The lowest BCUT2D eigenvalue weighted by Crippen LogP contribution is -2.27. The van der Waals surface area contributed by atoms with Crippen LogP contribution in [0.3, 0.4) is 0 Å². The Morgan fingerprint density at radius 3 is 2.45 bits per heavy atom. The molecule has 0 unspecified atom stereocenters. The lowest BCUT2D eigenvalue weighted by molar-refractivity contribution is -0.120. The topological polar surface area (TPSA) is 81.1 Å². The number of halogens is 2. The van der Waals surface area contributed by atoms with Crippen molar-refractivity contribution in [1.29, 1.82) is 0 Å². The summed E-state index contributed by atoms with van der Waals surface area (Å²) in [6.07, 6.45) is 0.494. The van der Waals surface area contributed by atoms with Gasteiger partial charge in [-0.05, 0) is 50.6 Å². The fraction of sp³-hybridized carbons (Fsp3) is 0.273. The van der Waals surface area contributed by atoms with E-state index in [1.165, 1.54) is 0 Å². The summed E-state index contributed by atoms with van der Waals surface area (Å²) < 4.78 is 26.3. The lowest BCUT2D eigenvalue weighted by Gasteiger charge is -2.08. The average molecular weight is 480 g/mol. The Bertz CT molecular complexity index is 1190. The van der Waals surface area contributed by atoms with E-state index in [1.54, 1.807) is 47.1 Å². The molecule has 0 aliphatic carbocycles. The molecule has 164 valence electrons. The predicted octanol–water partition coefficient (Wildman–Crippen LogP) is 4.32. The second-order valence-electron chi connectivity index (χ2n) is 7.17. The summed E-state index contributed by atoms with van der Waals surface area (Å²) in [5.41, 5.74) is 3.15. The zero-order chi connectivity index (χ0) is 22.6. The zero-order valence-corrected chi connectivity index (χ0v) is 19.6. The Morgan fingerprint density at radius 2 is 1.77 bits per heavy atom. The van der Waals surface area contributed by atoms with Gasteiger partial charge in [0, 0.05) is 17.8 Å².